The zero-order chi connectivity index (χ0) is 11.5. The first kappa shape index (κ1) is 13.5. The van der Waals surface area contributed by atoms with Crippen molar-refractivity contribution in [3.63, 3.8) is 0 Å². The molecule has 1 heterocycles. The molecule has 0 aromatic rings. The Labute approximate surface area is 102 Å². The van der Waals surface area contributed by atoms with E-state index in [0.717, 1.165) is 25.1 Å². The summed E-state index contributed by atoms with van der Waals surface area (Å²) in [6.45, 7) is 13.3. The fraction of sp³-hybridized carbons (Fsp3) is 1.00. The number of hydrogen-bond donors (Lipinski definition) is 0. The number of rotatable bonds is 3. The van der Waals surface area contributed by atoms with Gasteiger partial charge < -0.3 is 4.74 Å². The van der Waals surface area contributed by atoms with Crippen LogP contribution in [0.4, 0.5) is 0 Å². The van der Waals surface area contributed by atoms with Gasteiger partial charge in [-0.15, -0.1) is 0 Å². The Morgan fingerprint density at radius 3 is 2.60 bits per heavy atom. The minimum atomic E-state index is 0.377. The van der Waals surface area contributed by atoms with Gasteiger partial charge >= 0.3 is 0 Å². The smallest absolute Gasteiger partial charge is 0.0619 e. The van der Waals surface area contributed by atoms with E-state index in [1.54, 1.807) is 0 Å². The molecular weight excluding hydrogens is 254 g/mol. The Hall–Kier alpha value is 0.400. The average Bonchev–Trinajstić information content (AvgIpc) is 2.14. The summed E-state index contributed by atoms with van der Waals surface area (Å²) >= 11 is 3.64. The third kappa shape index (κ3) is 4.04. The van der Waals surface area contributed by atoms with Crippen molar-refractivity contribution in [1.82, 2.24) is 4.90 Å². The molecule has 3 heteroatoms. The van der Waals surface area contributed by atoms with E-state index in [2.05, 4.69) is 48.5 Å². The van der Waals surface area contributed by atoms with Gasteiger partial charge in [0.2, 0.25) is 0 Å². The zero-order valence-corrected chi connectivity index (χ0v) is 12.0. The summed E-state index contributed by atoms with van der Waals surface area (Å²) in [5.74, 6) is 0.707. The van der Waals surface area contributed by atoms with Gasteiger partial charge in [-0.25, -0.2) is 0 Å². The lowest BCUT2D eigenvalue weighted by molar-refractivity contribution is -0.0132. The minimum absolute atomic E-state index is 0.377. The van der Waals surface area contributed by atoms with Crippen LogP contribution in [0.3, 0.4) is 0 Å². The summed E-state index contributed by atoms with van der Waals surface area (Å²) < 4.78 is 5.46. The molecule has 2 atom stereocenters. The van der Waals surface area contributed by atoms with Gasteiger partial charge in [-0.1, -0.05) is 36.7 Å². The van der Waals surface area contributed by atoms with E-state index in [1.165, 1.54) is 6.54 Å². The summed E-state index contributed by atoms with van der Waals surface area (Å²) in [5.41, 5.74) is 0.377. The Bertz CT molecular complexity index is 191. The summed E-state index contributed by atoms with van der Waals surface area (Å²) in [6.07, 6.45) is 0. The van der Waals surface area contributed by atoms with Crippen LogP contribution in [0.15, 0.2) is 0 Å². The molecule has 0 aromatic heterocycles. The van der Waals surface area contributed by atoms with Crippen LogP contribution in [0.2, 0.25) is 0 Å². The van der Waals surface area contributed by atoms with Crippen molar-refractivity contribution in [2.24, 2.45) is 11.3 Å². The average molecular weight is 278 g/mol. The monoisotopic (exact) mass is 277 g/mol. The van der Waals surface area contributed by atoms with Gasteiger partial charge in [0.25, 0.3) is 0 Å². The van der Waals surface area contributed by atoms with Gasteiger partial charge in [-0.3, -0.25) is 4.90 Å². The predicted octanol–water partition coefficient (Wildman–Crippen LogP) is 2.76. The second-order valence-electron chi connectivity index (χ2n) is 5.64. The van der Waals surface area contributed by atoms with Crippen molar-refractivity contribution >= 4 is 15.9 Å². The van der Waals surface area contributed by atoms with Gasteiger partial charge in [-0.05, 0) is 18.3 Å². The molecule has 15 heavy (non-hydrogen) atoms. The molecule has 0 N–H and O–H groups in total. The van der Waals surface area contributed by atoms with Crippen LogP contribution in [0, 0.1) is 11.3 Å². The molecular formula is C12H24BrNO. The summed E-state index contributed by atoms with van der Waals surface area (Å²) in [6, 6.07) is 0.572. The van der Waals surface area contributed by atoms with Gasteiger partial charge in [0.1, 0.15) is 0 Å². The predicted molar refractivity (Wildman–Crippen MR) is 68.6 cm³/mol. The molecule has 0 spiro atoms. The number of halogens is 1. The molecule has 0 amide bonds. The van der Waals surface area contributed by atoms with E-state index in [9.17, 15) is 0 Å². The maximum absolute atomic E-state index is 5.46. The first-order valence-corrected chi connectivity index (χ1v) is 6.95. The summed E-state index contributed by atoms with van der Waals surface area (Å²) in [4.78, 5) is 2.56. The van der Waals surface area contributed by atoms with Gasteiger partial charge in [0.05, 0.1) is 13.2 Å². The van der Waals surface area contributed by atoms with Crippen LogP contribution < -0.4 is 0 Å². The topological polar surface area (TPSA) is 12.5 Å². The molecule has 0 bridgehead atoms. The molecule has 0 aromatic carbocycles. The molecule has 2 unspecified atom stereocenters. The maximum Gasteiger partial charge on any atom is 0.0619 e. The summed E-state index contributed by atoms with van der Waals surface area (Å²) in [5, 5.41) is 1.08. The number of morpholine rings is 1. The number of alkyl halides is 1. The van der Waals surface area contributed by atoms with Crippen molar-refractivity contribution in [2.75, 3.05) is 31.6 Å². The lowest BCUT2D eigenvalue weighted by Gasteiger charge is -2.39. The lowest BCUT2D eigenvalue weighted by Crippen LogP contribution is -2.47. The van der Waals surface area contributed by atoms with Crippen LogP contribution >= 0.6 is 15.9 Å². The highest BCUT2D eigenvalue weighted by Crippen LogP contribution is 2.29. The van der Waals surface area contributed by atoms with Crippen LogP contribution in [0.25, 0.3) is 0 Å². The zero-order valence-electron chi connectivity index (χ0n) is 10.4. The SMILES string of the molecule is CC1COCCN1CC(CBr)C(C)(C)C. The maximum atomic E-state index is 5.46. The molecule has 1 aliphatic heterocycles. The van der Waals surface area contributed by atoms with Crippen molar-refractivity contribution in [2.45, 2.75) is 33.7 Å². The standard InChI is InChI=1S/C12H24BrNO/c1-10-9-15-6-5-14(10)8-11(7-13)12(2,3)4/h10-11H,5-9H2,1-4H3. The second kappa shape index (κ2) is 5.65. The van der Waals surface area contributed by atoms with Crippen molar-refractivity contribution in [3.05, 3.63) is 0 Å². The molecule has 90 valence electrons. The molecule has 1 fully saturated rings. The van der Waals surface area contributed by atoms with Crippen LogP contribution in [-0.2, 0) is 4.74 Å². The van der Waals surface area contributed by atoms with E-state index < -0.39 is 0 Å². The number of ether oxygens (including phenoxy) is 1. The van der Waals surface area contributed by atoms with Gasteiger partial charge in [-0.2, -0.15) is 0 Å². The van der Waals surface area contributed by atoms with Crippen molar-refractivity contribution in [3.8, 4) is 0 Å². The molecule has 1 saturated heterocycles. The lowest BCUT2D eigenvalue weighted by atomic mass is 9.81. The Morgan fingerprint density at radius 2 is 2.13 bits per heavy atom. The third-order valence-electron chi connectivity index (χ3n) is 3.37. The number of nitrogens with zero attached hydrogens (tertiary/aromatic N) is 1. The van der Waals surface area contributed by atoms with Crippen LogP contribution in [0.5, 0.6) is 0 Å². The normalized spacial score (nSPS) is 26.6. The second-order valence-corrected chi connectivity index (χ2v) is 6.28. The first-order chi connectivity index (χ1) is 6.95. The Kier molecular flexibility index (Phi) is 5.07. The van der Waals surface area contributed by atoms with Gasteiger partial charge in [0.15, 0.2) is 0 Å². The minimum Gasteiger partial charge on any atom is -0.379 e. The Morgan fingerprint density at radius 1 is 1.47 bits per heavy atom. The molecule has 2 nitrogen and oxygen atoms in total. The fourth-order valence-electron chi connectivity index (χ4n) is 1.87. The first-order valence-electron chi connectivity index (χ1n) is 5.83. The number of hydrogen-bond acceptors (Lipinski definition) is 2. The Balaban J connectivity index is 2.50. The van der Waals surface area contributed by atoms with E-state index >= 15 is 0 Å². The third-order valence-corrected chi connectivity index (χ3v) is 4.15. The van der Waals surface area contributed by atoms with E-state index in [-0.39, 0.29) is 0 Å². The van der Waals surface area contributed by atoms with Gasteiger partial charge in [0, 0.05) is 24.5 Å². The molecule has 0 saturated carbocycles. The van der Waals surface area contributed by atoms with Crippen LogP contribution in [0.1, 0.15) is 27.7 Å². The van der Waals surface area contributed by atoms with Crippen LogP contribution in [-0.4, -0.2) is 42.6 Å². The largest absolute Gasteiger partial charge is 0.379 e. The molecule has 1 rings (SSSR count). The highest BCUT2D eigenvalue weighted by Gasteiger charge is 2.28. The molecule has 0 aliphatic carbocycles. The highest BCUT2D eigenvalue weighted by atomic mass is 79.9. The quantitative estimate of drug-likeness (QED) is 0.736. The van der Waals surface area contributed by atoms with Crippen molar-refractivity contribution < 1.29 is 4.74 Å². The van der Waals surface area contributed by atoms with E-state index in [4.69, 9.17) is 4.74 Å². The summed E-state index contributed by atoms with van der Waals surface area (Å²) in [7, 11) is 0. The van der Waals surface area contributed by atoms with Crippen molar-refractivity contribution in [1.29, 1.82) is 0 Å². The van der Waals surface area contributed by atoms with E-state index in [0.29, 0.717) is 17.4 Å². The van der Waals surface area contributed by atoms with E-state index in [1.807, 2.05) is 0 Å². The fourth-order valence-corrected chi connectivity index (χ4v) is 3.05. The molecule has 1 aliphatic rings. The highest BCUT2D eigenvalue weighted by molar-refractivity contribution is 9.09. The molecule has 0 radical (unpaired) electrons.